The van der Waals surface area contributed by atoms with E-state index in [1.54, 1.807) is 0 Å². The Morgan fingerprint density at radius 1 is 1.12 bits per heavy atom. The highest BCUT2D eigenvalue weighted by atomic mass is 16.5. The molecule has 0 heterocycles. The highest BCUT2D eigenvalue weighted by Gasteiger charge is 2.06. The van der Waals surface area contributed by atoms with Crippen molar-refractivity contribution in [3.63, 3.8) is 0 Å². The van der Waals surface area contributed by atoms with E-state index in [-0.39, 0.29) is 12.1 Å². The quantitative estimate of drug-likeness (QED) is 0.754. The maximum absolute atomic E-state index is 5.86. The number of para-hydroxylation sites is 1. The maximum Gasteiger partial charge on any atom is 0.124 e. The average molecular weight is 223 g/mol. The topological polar surface area (TPSA) is 44.5 Å². The standard InChI is InChI=1S/C13H21NO2/c1-10(2)15-8-9-16-13-7-5-4-6-12(13)11(3)14/h4-7,10-11H,8-9,14H2,1-3H3/t11-/m0/s1. The molecule has 0 aliphatic heterocycles. The maximum atomic E-state index is 5.86. The SMILES string of the molecule is CC(C)OCCOc1ccccc1[C@H](C)N. The fourth-order valence-corrected chi connectivity index (χ4v) is 1.42. The van der Waals surface area contributed by atoms with Crippen LogP contribution < -0.4 is 10.5 Å². The zero-order valence-electron chi connectivity index (χ0n) is 10.3. The minimum Gasteiger partial charge on any atom is -0.491 e. The van der Waals surface area contributed by atoms with Crippen LogP contribution in [0, 0.1) is 0 Å². The smallest absolute Gasteiger partial charge is 0.124 e. The van der Waals surface area contributed by atoms with Gasteiger partial charge in [-0.15, -0.1) is 0 Å². The Kier molecular flexibility index (Phi) is 5.29. The van der Waals surface area contributed by atoms with Crippen LogP contribution in [0.1, 0.15) is 32.4 Å². The molecule has 0 unspecified atom stereocenters. The molecule has 0 bridgehead atoms. The van der Waals surface area contributed by atoms with Gasteiger partial charge in [0.05, 0.1) is 12.7 Å². The van der Waals surface area contributed by atoms with E-state index in [4.69, 9.17) is 15.2 Å². The van der Waals surface area contributed by atoms with Gasteiger partial charge in [0, 0.05) is 11.6 Å². The monoisotopic (exact) mass is 223 g/mol. The molecule has 1 atom stereocenters. The average Bonchev–Trinajstić information content (AvgIpc) is 2.24. The number of benzene rings is 1. The summed E-state index contributed by atoms with van der Waals surface area (Å²) < 4.78 is 11.1. The van der Waals surface area contributed by atoms with Crippen molar-refractivity contribution in [3.05, 3.63) is 29.8 Å². The van der Waals surface area contributed by atoms with Gasteiger partial charge in [0.2, 0.25) is 0 Å². The van der Waals surface area contributed by atoms with Crippen LogP contribution in [0.2, 0.25) is 0 Å². The van der Waals surface area contributed by atoms with Crippen molar-refractivity contribution in [2.45, 2.75) is 32.9 Å². The minimum absolute atomic E-state index is 0.0118. The minimum atomic E-state index is -0.0118. The Hall–Kier alpha value is -1.06. The molecule has 1 rings (SSSR count). The van der Waals surface area contributed by atoms with Crippen molar-refractivity contribution >= 4 is 0 Å². The molecule has 0 saturated carbocycles. The van der Waals surface area contributed by atoms with Gasteiger partial charge in [0.15, 0.2) is 0 Å². The first-order valence-electron chi connectivity index (χ1n) is 5.70. The Morgan fingerprint density at radius 2 is 1.81 bits per heavy atom. The van der Waals surface area contributed by atoms with Crippen LogP contribution in [0.15, 0.2) is 24.3 Å². The summed E-state index contributed by atoms with van der Waals surface area (Å²) in [7, 11) is 0. The second-order valence-corrected chi connectivity index (χ2v) is 4.09. The van der Waals surface area contributed by atoms with Crippen LogP contribution in [0.4, 0.5) is 0 Å². The van der Waals surface area contributed by atoms with E-state index in [1.165, 1.54) is 0 Å². The Balaban J connectivity index is 2.47. The van der Waals surface area contributed by atoms with Gasteiger partial charge in [0.1, 0.15) is 12.4 Å². The highest BCUT2D eigenvalue weighted by molar-refractivity contribution is 5.35. The van der Waals surface area contributed by atoms with Gasteiger partial charge in [0.25, 0.3) is 0 Å². The highest BCUT2D eigenvalue weighted by Crippen LogP contribution is 2.22. The summed E-state index contributed by atoms with van der Waals surface area (Å²) in [6, 6.07) is 7.83. The Morgan fingerprint density at radius 3 is 2.44 bits per heavy atom. The molecular formula is C13H21NO2. The van der Waals surface area contributed by atoms with Crippen LogP contribution in [0.3, 0.4) is 0 Å². The van der Waals surface area contributed by atoms with Gasteiger partial charge in [-0.25, -0.2) is 0 Å². The third-order valence-electron chi connectivity index (χ3n) is 2.20. The largest absolute Gasteiger partial charge is 0.491 e. The Bertz CT molecular complexity index is 311. The summed E-state index contributed by atoms with van der Waals surface area (Å²) in [6.45, 7) is 7.13. The first-order valence-corrected chi connectivity index (χ1v) is 5.70. The molecule has 90 valence electrons. The number of ether oxygens (including phenoxy) is 2. The van der Waals surface area contributed by atoms with E-state index < -0.39 is 0 Å². The number of nitrogens with two attached hydrogens (primary N) is 1. The molecule has 1 aromatic carbocycles. The summed E-state index contributed by atoms with van der Waals surface area (Å²) in [6.07, 6.45) is 0.243. The molecule has 16 heavy (non-hydrogen) atoms. The van der Waals surface area contributed by atoms with Crippen molar-refractivity contribution in [1.82, 2.24) is 0 Å². The number of rotatable bonds is 6. The van der Waals surface area contributed by atoms with E-state index in [2.05, 4.69) is 0 Å². The first kappa shape index (κ1) is 13.0. The van der Waals surface area contributed by atoms with Gasteiger partial charge in [-0.3, -0.25) is 0 Å². The van der Waals surface area contributed by atoms with Crippen molar-refractivity contribution in [1.29, 1.82) is 0 Å². The lowest BCUT2D eigenvalue weighted by atomic mass is 10.1. The summed E-state index contributed by atoms with van der Waals surface area (Å²) >= 11 is 0. The lowest BCUT2D eigenvalue weighted by Gasteiger charge is -2.14. The molecule has 0 aliphatic carbocycles. The molecule has 3 heteroatoms. The van der Waals surface area contributed by atoms with E-state index in [0.717, 1.165) is 11.3 Å². The van der Waals surface area contributed by atoms with Gasteiger partial charge in [-0.1, -0.05) is 18.2 Å². The fourth-order valence-electron chi connectivity index (χ4n) is 1.42. The van der Waals surface area contributed by atoms with Crippen molar-refractivity contribution in [2.75, 3.05) is 13.2 Å². The predicted molar refractivity (Wildman–Crippen MR) is 65.6 cm³/mol. The molecule has 0 aromatic heterocycles. The lowest BCUT2D eigenvalue weighted by molar-refractivity contribution is 0.0550. The lowest BCUT2D eigenvalue weighted by Crippen LogP contribution is -2.13. The molecule has 0 fully saturated rings. The summed E-state index contributed by atoms with van der Waals surface area (Å²) in [4.78, 5) is 0. The second kappa shape index (κ2) is 6.51. The van der Waals surface area contributed by atoms with E-state index in [0.29, 0.717) is 13.2 Å². The third kappa shape index (κ3) is 4.21. The van der Waals surface area contributed by atoms with Crippen molar-refractivity contribution < 1.29 is 9.47 Å². The zero-order valence-corrected chi connectivity index (χ0v) is 10.3. The van der Waals surface area contributed by atoms with Crippen LogP contribution >= 0.6 is 0 Å². The predicted octanol–water partition coefficient (Wildman–Crippen LogP) is 2.51. The van der Waals surface area contributed by atoms with Gasteiger partial charge in [-0.2, -0.15) is 0 Å². The molecule has 0 amide bonds. The van der Waals surface area contributed by atoms with Crippen LogP contribution in [0.25, 0.3) is 0 Å². The number of hydrogen-bond acceptors (Lipinski definition) is 3. The molecule has 0 radical (unpaired) electrons. The number of hydrogen-bond donors (Lipinski definition) is 1. The first-order chi connectivity index (χ1) is 7.61. The zero-order chi connectivity index (χ0) is 12.0. The molecule has 3 nitrogen and oxygen atoms in total. The van der Waals surface area contributed by atoms with Gasteiger partial charge < -0.3 is 15.2 Å². The van der Waals surface area contributed by atoms with Crippen LogP contribution in [-0.2, 0) is 4.74 Å². The van der Waals surface area contributed by atoms with Gasteiger partial charge >= 0.3 is 0 Å². The molecule has 0 aliphatic rings. The molecule has 0 spiro atoms. The van der Waals surface area contributed by atoms with E-state index in [9.17, 15) is 0 Å². The van der Waals surface area contributed by atoms with Crippen molar-refractivity contribution in [2.24, 2.45) is 5.73 Å². The van der Waals surface area contributed by atoms with E-state index >= 15 is 0 Å². The molecular weight excluding hydrogens is 202 g/mol. The van der Waals surface area contributed by atoms with Crippen LogP contribution in [0.5, 0.6) is 5.75 Å². The molecule has 1 aromatic rings. The molecule has 2 N–H and O–H groups in total. The summed E-state index contributed by atoms with van der Waals surface area (Å²) in [5, 5.41) is 0. The fraction of sp³-hybridized carbons (Fsp3) is 0.538. The summed E-state index contributed by atoms with van der Waals surface area (Å²) in [5.74, 6) is 0.852. The summed E-state index contributed by atoms with van der Waals surface area (Å²) in [5.41, 5.74) is 6.89. The van der Waals surface area contributed by atoms with E-state index in [1.807, 2.05) is 45.0 Å². The Labute approximate surface area is 97.6 Å². The second-order valence-electron chi connectivity index (χ2n) is 4.09. The van der Waals surface area contributed by atoms with Crippen LogP contribution in [-0.4, -0.2) is 19.3 Å². The van der Waals surface area contributed by atoms with Gasteiger partial charge in [-0.05, 0) is 26.8 Å². The third-order valence-corrected chi connectivity index (χ3v) is 2.20. The van der Waals surface area contributed by atoms with Crippen molar-refractivity contribution in [3.8, 4) is 5.75 Å². The molecule has 0 saturated heterocycles. The normalized spacial score (nSPS) is 12.8.